The minimum absolute atomic E-state index is 0.130. The third-order valence-electron chi connectivity index (χ3n) is 3.31. The Morgan fingerprint density at radius 2 is 1.83 bits per heavy atom. The monoisotopic (exact) mass is 344 g/mol. The molecule has 0 fully saturated rings. The van der Waals surface area contributed by atoms with E-state index >= 15 is 0 Å². The van der Waals surface area contributed by atoms with Gasteiger partial charge < -0.3 is 0 Å². The summed E-state index contributed by atoms with van der Waals surface area (Å²) < 4.78 is 13.6. The van der Waals surface area contributed by atoms with Crippen LogP contribution in [0.3, 0.4) is 0 Å². The summed E-state index contributed by atoms with van der Waals surface area (Å²) in [5.41, 5.74) is 5.24. The number of thiocarbonyl (C=S) groups is 1. The number of carbonyl (C=O) groups is 1. The fourth-order valence-electron chi connectivity index (χ4n) is 2.20. The standard InChI is InChI=1S/C17H13FN2OS2/c18-14-8-6-13(7-9-14)15-11-23-17(22)19-20(15)16(21)10-12-4-2-1-3-5-12/h1-9,11H,10H2,(H,19,22). The number of hydrazine groups is 1. The van der Waals surface area contributed by atoms with Gasteiger partial charge in [-0.2, -0.15) is 0 Å². The zero-order valence-electron chi connectivity index (χ0n) is 12.0. The molecule has 116 valence electrons. The Morgan fingerprint density at radius 3 is 2.52 bits per heavy atom. The molecule has 0 aliphatic carbocycles. The maximum absolute atomic E-state index is 13.1. The Morgan fingerprint density at radius 1 is 1.13 bits per heavy atom. The van der Waals surface area contributed by atoms with Crippen LogP contribution in [0.1, 0.15) is 11.1 Å². The van der Waals surface area contributed by atoms with Crippen LogP contribution < -0.4 is 5.43 Å². The molecule has 3 rings (SSSR count). The lowest BCUT2D eigenvalue weighted by Crippen LogP contribution is -2.45. The minimum atomic E-state index is -0.316. The topological polar surface area (TPSA) is 32.3 Å². The highest BCUT2D eigenvalue weighted by Gasteiger charge is 2.24. The van der Waals surface area contributed by atoms with Crippen molar-refractivity contribution in [2.45, 2.75) is 6.42 Å². The first kappa shape index (κ1) is 15.7. The molecule has 6 heteroatoms. The summed E-state index contributed by atoms with van der Waals surface area (Å²) >= 11 is 6.47. The van der Waals surface area contributed by atoms with Crippen LogP contribution in [-0.2, 0) is 11.2 Å². The average molecular weight is 344 g/mol. The summed E-state index contributed by atoms with van der Waals surface area (Å²) in [6, 6.07) is 15.5. The molecule has 1 heterocycles. The van der Waals surface area contributed by atoms with E-state index in [-0.39, 0.29) is 18.1 Å². The number of hydrogen-bond acceptors (Lipinski definition) is 3. The number of halogens is 1. The van der Waals surface area contributed by atoms with E-state index in [1.54, 1.807) is 17.5 Å². The average Bonchev–Trinajstić information content (AvgIpc) is 2.56. The summed E-state index contributed by atoms with van der Waals surface area (Å²) in [6.45, 7) is 0. The lowest BCUT2D eigenvalue weighted by Gasteiger charge is -2.30. The van der Waals surface area contributed by atoms with Crippen molar-refractivity contribution in [3.05, 3.63) is 76.9 Å². The summed E-state index contributed by atoms with van der Waals surface area (Å²) in [7, 11) is 0. The third kappa shape index (κ3) is 3.78. The zero-order chi connectivity index (χ0) is 16.2. The van der Waals surface area contributed by atoms with Gasteiger partial charge in [0.15, 0.2) is 4.32 Å². The highest BCUT2D eigenvalue weighted by molar-refractivity contribution is 8.25. The lowest BCUT2D eigenvalue weighted by atomic mass is 10.1. The maximum atomic E-state index is 13.1. The Bertz CT molecular complexity index is 760. The van der Waals surface area contributed by atoms with Crippen LogP contribution in [0.4, 0.5) is 4.39 Å². The molecule has 1 amide bonds. The van der Waals surface area contributed by atoms with Gasteiger partial charge in [0, 0.05) is 11.0 Å². The number of nitrogens with one attached hydrogen (secondary N) is 1. The minimum Gasteiger partial charge on any atom is -0.275 e. The first-order valence-corrected chi connectivity index (χ1v) is 8.22. The van der Waals surface area contributed by atoms with Crippen molar-refractivity contribution in [2.75, 3.05) is 0 Å². The van der Waals surface area contributed by atoms with Gasteiger partial charge in [-0.25, -0.2) is 9.40 Å². The van der Waals surface area contributed by atoms with Crippen LogP contribution >= 0.6 is 24.0 Å². The molecule has 1 aliphatic rings. The summed E-state index contributed by atoms with van der Waals surface area (Å²) in [4.78, 5) is 12.6. The van der Waals surface area contributed by atoms with Gasteiger partial charge in [0.2, 0.25) is 5.91 Å². The quantitative estimate of drug-likeness (QED) is 0.860. The van der Waals surface area contributed by atoms with Gasteiger partial charge in [-0.3, -0.25) is 10.2 Å². The Hall–Kier alpha value is -2.18. The summed E-state index contributed by atoms with van der Waals surface area (Å²) in [5, 5.41) is 3.23. The number of carbonyl (C=O) groups excluding carboxylic acids is 1. The van der Waals surface area contributed by atoms with E-state index in [9.17, 15) is 9.18 Å². The van der Waals surface area contributed by atoms with Crippen LogP contribution in [0.15, 0.2) is 60.0 Å². The molecule has 0 unspecified atom stereocenters. The predicted octanol–water partition coefficient (Wildman–Crippen LogP) is 3.73. The van der Waals surface area contributed by atoms with E-state index in [1.165, 1.54) is 28.9 Å². The van der Waals surface area contributed by atoms with Gasteiger partial charge in [0.1, 0.15) is 5.82 Å². The predicted molar refractivity (Wildman–Crippen MR) is 94.7 cm³/mol. The van der Waals surface area contributed by atoms with Gasteiger partial charge >= 0.3 is 0 Å². The van der Waals surface area contributed by atoms with Crippen LogP contribution in [0.5, 0.6) is 0 Å². The number of nitrogens with zero attached hydrogens (tertiary/aromatic N) is 1. The number of thioether (sulfide) groups is 1. The molecule has 1 N–H and O–H groups in total. The smallest absolute Gasteiger partial charge is 0.250 e. The lowest BCUT2D eigenvalue weighted by molar-refractivity contribution is -0.128. The largest absolute Gasteiger partial charge is 0.275 e. The molecule has 1 aliphatic heterocycles. The highest BCUT2D eigenvalue weighted by atomic mass is 32.2. The molecular weight excluding hydrogens is 331 g/mol. The van der Waals surface area contributed by atoms with Gasteiger partial charge in [0.05, 0.1) is 12.1 Å². The third-order valence-corrected chi connectivity index (χ3v) is 4.34. The van der Waals surface area contributed by atoms with Crippen molar-refractivity contribution in [1.29, 1.82) is 0 Å². The van der Waals surface area contributed by atoms with Crippen molar-refractivity contribution >= 4 is 39.9 Å². The van der Waals surface area contributed by atoms with Crippen LogP contribution in [-0.4, -0.2) is 15.2 Å². The van der Waals surface area contributed by atoms with E-state index in [2.05, 4.69) is 5.43 Å². The Labute approximate surface area is 143 Å². The molecular formula is C17H13FN2OS2. The zero-order valence-corrected chi connectivity index (χ0v) is 13.7. The molecule has 0 saturated heterocycles. The first-order chi connectivity index (χ1) is 11.1. The van der Waals surface area contributed by atoms with E-state index < -0.39 is 0 Å². The molecule has 3 nitrogen and oxygen atoms in total. The van der Waals surface area contributed by atoms with Crippen molar-refractivity contribution in [2.24, 2.45) is 0 Å². The van der Waals surface area contributed by atoms with Crippen molar-refractivity contribution in [3.8, 4) is 0 Å². The Kier molecular flexibility index (Phi) is 4.73. The summed E-state index contributed by atoms with van der Waals surface area (Å²) in [5.74, 6) is -0.446. The second kappa shape index (κ2) is 6.93. The van der Waals surface area contributed by atoms with Crippen molar-refractivity contribution < 1.29 is 9.18 Å². The van der Waals surface area contributed by atoms with Gasteiger partial charge in [-0.05, 0) is 29.8 Å². The molecule has 0 aromatic heterocycles. The van der Waals surface area contributed by atoms with Crippen LogP contribution in [0, 0.1) is 5.82 Å². The fraction of sp³-hybridized carbons (Fsp3) is 0.0588. The number of hydrogen-bond donors (Lipinski definition) is 1. The molecule has 0 spiro atoms. The molecule has 0 radical (unpaired) electrons. The van der Waals surface area contributed by atoms with E-state index in [1.807, 2.05) is 30.3 Å². The maximum Gasteiger partial charge on any atom is 0.250 e. The number of benzene rings is 2. The first-order valence-electron chi connectivity index (χ1n) is 6.94. The van der Waals surface area contributed by atoms with Crippen molar-refractivity contribution in [1.82, 2.24) is 10.4 Å². The Balaban J connectivity index is 1.86. The van der Waals surface area contributed by atoms with E-state index in [0.717, 1.165) is 11.1 Å². The molecule has 2 aromatic carbocycles. The van der Waals surface area contributed by atoms with E-state index in [4.69, 9.17) is 12.2 Å². The second-order valence-corrected chi connectivity index (χ2v) is 6.46. The molecule has 0 atom stereocenters. The fourth-order valence-corrected chi connectivity index (χ4v) is 3.04. The van der Waals surface area contributed by atoms with Crippen LogP contribution in [0.25, 0.3) is 5.70 Å². The molecule has 0 bridgehead atoms. The second-order valence-electron chi connectivity index (χ2n) is 4.92. The van der Waals surface area contributed by atoms with Crippen LogP contribution in [0.2, 0.25) is 0 Å². The van der Waals surface area contributed by atoms with Gasteiger partial charge in [-0.1, -0.05) is 54.3 Å². The summed E-state index contributed by atoms with van der Waals surface area (Å²) in [6.07, 6.45) is 0.250. The van der Waals surface area contributed by atoms with E-state index in [0.29, 0.717) is 10.0 Å². The number of amides is 1. The molecule has 2 aromatic rings. The normalized spacial score (nSPS) is 14.2. The SMILES string of the molecule is O=C(Cc1ccccc1)N1NC(=S)SC=C1c1ccc(F)cc1. The number of rotatable bonds is 3. The molecule has 0 saturated carbocycles. The molecule has 23 heavy (non-hydrogen) atoms. The van der Waals surface area contributed by atoms with Crippen molar-refractivity contribution in [3.63, 3.8) is 0 Å². The van der Waals surface area contributed by atoms with Gasteiger partial charge in [0.25, 0.3) is 0 Å². The highest BCUT2D eigenvalue weighted by Crippen LogP contribution is 2.27. The van der Waals surface area contributed by atoms with Gasteiger partial charge in [-0.15, -0.1) is 0 Å².